The van der Waals surface area contributed by atoms with Crippen LogP contribution < -0.4 is 11.2 Å². The molecule has 114 valence electrons. The minimum Gasteiger partial charge on any atom is -0.293 e. The summed E-state index contributed by atoms with van der Waals surface area (Å²) in [7, 11) is 0. The molecule has 1 aromatic heterocycles. The van der Waals surface area contributed by atoms with Crippen LogP contribution in [-0.2, 0) is 6.54 Å². The van der Waals surface area contributed by atoms with E-state index < -0.39 is 40.9 Å². The summed E-state index contributed by atoms with van der Waals surface area (Å²) < 4.78 is 53.5. The van der Waals surface area contributed by atoms with Gasteiger partial charge in [0.05, 0.1) is 6.54 Å². The Balaban J connectivity index is 2.55. The van der Waals surface area contributed by atoms with Crippen molar-refractivity contribution in [2.75, 3.05) is 0 Å². The van der Waals surface area contributed by atoms with Crippen molar-refractivity contribution in [3.63, 3.8) is 0 Å². The number of nitrogens with one attached hydrogen (secondary N) is 1. The first-order valence-corrected chi connectivity index (χ1v) is 6.16. The molecule has 0 unspecified atom stereocenters. The summed E-state index contributed by atoms with van der Waals surface area (Å²) >= 11 is 0. The number of hydrogen-bond acceptors (Lipinski definition) is 2. The monoisotopic (exact) mass is 304 g/mol. The summed E-state index contributed by atoms with van der Waals surface area (Å²) in [5, 5.41) is 0. The van der Waals surface area contributed by atoms with Gasteiger partial charge in [-0.25, -0.2) is 9.18 Å². The summed E-state index contributed by atoms with van der Waals surface area (Å²) in [6.45, 7) is 0.827. The van der Waals surface area contributed by atoms with E-state index in [0.29, 0.717) is 0 Å². The van der Waals surface area contributed by atoms with Crippen molar-refractivity contribution in [3.8, 4) is 0 Å². The molecule has 8 heteroatoms. The van der Waals surface area contributed by atoms with Gasteiger partial charge in [-0.2, -0.15) is 13.2 Å². The summed E-state index contributed by atoms with van der Waals surface area (Å²) in [5.41, 5.74) is -2.90. The summed E-state index contributed by atoms with van der Waals surface area (Å²) in [4.78, 5) is 24.7. The first-order valence-electron chi connectivity index (χ1n) is 6.16. The van der Waals surface area contributed by atoms with Crippen molar-refractivity contribution >= 4 is 0 Å². The number of rotatable bonds is 2. The fourth-order valence-electron chi connectivity index (χ4n) is 2.24. The van der Waals surface area contributed by atoms with E-state index in [1.54, 1.807) is 0 Å². The van der Waals surface area contributed by atoms with Gasteiger partial charge < -0.3 is 0 Å². The van der Waals surface area contributed by atoms with Gasteiger partial charge in [0.2, 0.25) is 0 Å². The molecular weight excluding hydrogens is 292 g/mol. The largest absolute Gasteiger partial charge is 0.413 e. The number of aromatic amines is 1. The van der Waals surface area contributed by atoms with Gasteiger partial charge in [-0.15, -0.1) is 0 Å². The maximum Gasteiger partial charge on any atom is 0.413 e. The predicted molar refractivity (Wildman–Crippen MR) is 67.6 cm³/mol. The van der Waals surface area contributed by atoms with Gasteiger partial charge in [-0.05, 0) is 25.8 Å². The first kappa shape index (κ1) is 15.3. The van der Waals surface area contributed by atoms with Crippen LogP contribution in [-0.4, -0.2) is 15.7 Å². The van der Waals surface area contributed by atoms with E-state index in [4.69, 9.17) is 0 Å². The topological polar surface area (TPSA) is 54.9 Å². The smallest absolute Gasteiger partial charge is 0.293 e. The van der Waals surface area contributed by atoms with Crippen LogP contribution in [0, 0.1) is 6.92 Å². The number of aryl methyl sites for hydroxylation is 1. The van der Waals surface area contributed by atoms with Gasteiger partial charge in [-0.1, -0.05) is 0 Å². The molecule has 0 aromatic carbocycles. The molecule has 1 aliphatic rings. The Morgan fingerprint density at radius 2 is 2.00 bits per heavy atom. The first-order chi connectivity index (χ1) is 9.70. The molecule has 0 fully saturated rings. The molecule has 1 aliphatic carbocycles. The lowest BCUT2D eigenvalue weighted by atomic mass is 9.96. The normalized spacial score (nSPS) is 16.1. The predicted octanol–water partition coefficient (Wildman–Crippen LogP) is 2.35. The second-order valence-corrected chi connectivity index (χ2v) is 4.71. The van der Waals surface area contributed by atoms with E-state index in [1.165, 1.54) is 6.92 Å². The van der Waals surface area contributed by atoms with Gasteiger partial charge >= 0.3 is 11.9 Å². The molecule has 1 N–H and O–H groups in total. The number of aromatic nitrogens is 2. The van der Waals surface area contributed by atoms with Gasteiger partial charge in [0.1, 0.15) is 5.83 Å². The van der Waals surface area contributed by atoms with Gasteiger partial charge in [0.15, 0.2) is 0 Å². The molecule has 0 saturated heterocycles. The molecule has 0 saturated carbocycles. The fourth-order valence-corrected chi connectivity index (χ4v) is 2.24. The van der Waals surface area contributed by atoms with Crippen LogP contribution in [0.15, 0.2) is 38.7 Å². The van der Waals surface area contributed by atoms with Crippen molar-refractivity contribution in [2.45, 2.75) is 32.5 Å². The van der Waals surface area contributed by atoms with E-state index in [-0.39, 0.29) is 18.5 Å². The van der Waals surface area contributed by atoms with Crippen molar-refractivity contribution in [1.29, 1.82) is 0 Å². The Bertz CT molecular complexity index is 738. The quantitative estimate of drug-likeness (QED) is 0.853. The lowest BCUT2D eigenvalue weighted by molar-refractivity contribution is -0.0952. The Kier molecular flexibility index (Phi) is 3.89. The summed E-state index contributed by atoms with van der Waals surface area (Å²) in [6, 6.07) is 1.07. The highest BCUT2D eigenvalue weighted by molar-refractivity contribution is 5.37. The third-order valence-corrected chi connectivity index (χ3v) is 3.27. The van der Waals surface area contributed by atoms with Crippen LogP contribution >= 0.6 is 0 Å². The lowest BCUT2D eigenvalue weighted by Crippen LogP contribution is -2.32. The molecule has 0 bridgehead atoms. The molecule has 0 aliphatic heterocycles. The van der Waals surface area contributed by atoms with Crippen LogP contribution in [0.25, 0.3) is 0 Å². The van der Waals surface area contributed by atoms with Gasteiger partial charge in [0.25, 0.3) is 5.56 Å². The third-order valence-electron chi connectivity index (χ3n) is 3.27. The van der Waals surface area contributed by atoms with Crippen molar-refractivity contribution in [3.05, 3.63) is 55.6 Å². The van der Waals surface area contributed by atoms with Crippen LogP contribution in [0.2, 0.25) is 0 Å². The Morgan fingerprint density at radius 3 is 2.57 bits per heavy atom. The minimum absolute atomic E-state index is 0.0380. The number of halogens is 4. The molecule has 0 spiro atoms. The van der Waals surface area contributed by atoms with Crippen molar-refractivity contribution in [2.24, 2.45) is 0 Å². The highest BCUT2D eigenvalue weighted by Crippen LogP contribution is 2.38. The SMILES string of the molecule is Cc1cc(=O)[nH]c(=O)n1CC1=C(C(F)(F)F)CCC=C1F. The van der Waals surface area contributed by atoms with Crippen LogP contribution in [0.1, 0.15) is 18.5 Å². The highest BCUT2D eigenvalue weighted by atomic mass is 19.4. The number of H-pyrrole nitrogens is 1. The lowest BCUT2D eigenvalue weighted by Gasteiger charge is -2.21. The molecule has 1 heterocycles. The minimum atomic E-state index is -4.65. The zero-order chi connectivity index (χ0) is 15.8. The molecule has 0 radical (unpaired) electrons. The van der Waals surface area contributed by atoms with Crippen LogP contribution in [0.5, 0.6) is 0 Å². The van der Waals surface area contributed by atoms with Crippen LogP contribution in [0.4, 0.5) is 17.6 Å². The molecular formula is C13H12F4N2O2. The standard InChI is InChI=1S/C13H12F4N2O2/c1-7-5-11(20)18-12(21)19(7)6-8-9(13(15,16)17)3-2-4-10(8)14/h4-5H,2-3,6H2,1H3,(H,18,20,21). The molecule has 0 atom stereocenters. The second kappa shape index (κ2) is 5.34. The zero-order valence-corrected chi connectivity index (χ0v) is 11.1. The molecule has 4 nitrogen and oxygen atoms in total. The summed E-state index contributed by atoms with van der Waals surface area (Å²) in [6.07, 6.45) is -3.95. The average Bonchev–Trinajstić information content (AvgIpc) is 2.33. The second-order valence-electron chi connectivity index (χ2n) is 4.71. The van der Waals surface area contributed by atoms with E-state index in [1.807, 2.05) is 4.98 Å². The molecule has 0 amide bonds. The van der Waals surface area contributed by atoms with Crippen LogP contribution in [0.3, 0.4) is 0 Å². The molecule has 21 heavy (non-hydrogen) atoms. The molecule has 1 aromatic rings. The number of hydrogen-bond donors (Lipinski definition) is 1. The van der Waals surface area contributed by atoms with Crippen molar-refractivity contribution < 1.29 is 17.6 Å². The number of alkyl halides is 3. The third kappa shape index (κ3) is 3.14. The Morgan fingerprint density at radius 1 is 1.33 bits per heavy atom. The Hall–Kier alpha value is -2.12. The maximum atomic E-state index is 13.8. The number of nitrogens with zero attached hydrogens (tertiary/aromatic N) is 1. The van der Waals surface area contributed by atoms with Gasteiger partial charge in [0, 0.05) is 22.9 Å². The van der Waals surface area contributed by atoms with E-state index >= 15 is 0 Å². The van der Waals surface area contributed by atoms with E-state index in [9.17, 15) is 27.2 Å². The maximum absolute atomic E-state index is 13.8. The Labute approximate surface area is 116 Å². The zero-order valence-electron chi connectivity index (χ0n) is 11.1. The molecule has 2 rings (SSSR count). The average molecular weight is 304 g/mol. The number of allylic oxidation sites excluding steroid dienone is 4. The highest BCUT2D eigenvalue weighted by Gasteiger charge is 2.38. The van der Waals surface area contributed by atoms with E-state index in [2.05, 4.69) is 0 Å². The fraction of sp³-hybridized carbons (Fsp3) is 0.385. The van der Waals surface area contributed by atoms with E-state index in [0.717, 1.165) is 16.7 Å². The summed E-state index contributed by atoms with van der Waals surface area (Å²) in [5.74, 6) is -0.980. The van der Waals surface area contributed by atoms with Crippen molar-refractivity contribution in [1.82, 2.24) is 9.55 Å². The van der Waals surface area contributed by atoms with Gasteiger partial charge in [-0.3, -0.25) is 14.3 Å².